The molecule has 134 valence electrons. The molecule has 1 aromatic heterocycles. The smallest absolute Gasteiger partial charge is 0.104 e. The lowest BCUT2D eigenvalue weighted by Crippen LogP contribution is -1.85. The molecule has 0 fully saturated rings. The Kier molecular flexibility index (Phi) is 13.1. The Morgan fingerprint density at radius 1 is 0.609 bits per heavy atom. The third kappa shape index (κ3) is 12.4. The van der Waals surface area contributed by atoms with E-state index in [0.717, 1.165) is 17.9 Å². The van der Waals surface area contributed by atoms with Crippen LogP contribution in [0.3, 0.4) is 0 Å². The summed E-state index contributed by atoms with van der Waals surface area (Å²) in [6.45, 7) is 4.32. The molecule has 0 bridgehead atoms. The summed E-state index contributed by atoms with van der Waals surface area (Å²) >= 11 is 0. The van der Waals surface area contributed by atoms with Crippen LogP contribution in [-0.4, -0.2) is 0 Å². The van der Waals surface area contributed by atoms with Gasteiger partial charge >= 0.3 is 0 Å². The molecule has 0 amide bonds. The fourth-order valence-electron chi connectivity index (χ4n) is 3.29. The van der Waals surface area contributed by atoms with Gasteiger partial charge in [-0.3, -0.25) is 0 Å². The number of rotatable bonds is 16. The maximum Gasteiger partial charge on any atom is 0.104 e. The molecule has 1 heterocycles. The largest absolute Gasteiger partial charge is 0.466 e. The molecule has 0 saturated carbocycles. The SMILES string of the molecule is CCCCCCCCCCCCCCCCCc1ccc(C)o1. The molecule has 0 spiro atoms. The highest BCUT2D eigenvalue weighted by atomic mass is 16.3. The van der Waals surface area contributed by atoms with Crippen LogP contribution in [0.15, 0.2) is 16.5 Å². The molecule has 0 aromatic carbocycles. The van der Waals surface area contributed by atoms with Crippen LogP contribution in [-0.2, 0) is 6.42 Å². The average Bonchev–Trinajstić information content (AvgIpc) is 2.96. The van der Waals surface area contributed by atoms with Crippen molar-refractivity contribution in [3.63, 3.8) is 0 Å². The van der Waals surface area contributed by atoms with Crippen LogP contribution in [0.5, 0.6) is 0 Å². The quantitative estimate of drug-likeness (QED) is 0.281. The second-order valence-electron chi connectivity index (χ2n) is 7.21. The van der Waals surface area contributed by atoms with Crippen LogP contribution < -0.4 is 0 Å². The Hall–Kier alpha value is -0.720. The Morgan fingerprint density at radius 3 is 1.43 bits per heavy atom. The summed E-state index contributed by atoms with van der Waals surface area (Å²) in [5.74, 6) is 2.21. The van der Waals surface area contributed by atoms with E-state index in [1.807, 2.05) is 6.92 Å². The molecule has 0 saturated heterocycles. The first kappa shape index (κ1) is 20.3. The zero-order valence-electron chi connectivity index (χ0n) is 15.9. The minimum absolute atomic E-state index is 1.04. The van der Waals surface area contributed by atoms with Crippen LogP contribution in [0.2, 0.25) is 0 Å². The van der Waals surface area contributed by atoms with Crippen molar-refractivity contribution in [1.29, 1.82) is 0 Å². The van der Waals surface area contributed by atoms with Crippen molar-refractivity contribution in [1.82, 2.24) is 0 Å². The molecule has 1 nitrogen and oxygen atoms in total. The van der Waals surface area contributed by atoms with Gasteiger partial charge in [0.1, 0.15) is 11.5 Å². The monoisotopic (exact) mass is 320 g/mol. The molecule has 0 aliphatic rings. The summed E-state index contributed by atoms with van der Waals surface area (Å²) in [6.07, 6.45) is 22.5. The molecule has 0 unspecified atom stereocenters. The number of aryl methyl sites for hydroxylation is 2. The molecule has 1 rings (SSSR count). The van der Waals surface area contributed by atoms with Gasteiger partial charge in [0, 0.05) is 6.42 Å². The molecule has 0 aliphatic heterocycles. The lowest BCUT2D eigenvalue weighted by atomic mass is 10.0. The predicted molar refractivity (Wildman–Crippen MR) is 102 cm³/mol. The summed E-state index contributed by atoms with van der Waals surface area (Å²) in [4.78, 5) is 0. The molecule has 0 atom stereocenters. The average molecular weight is 321 g/mol. The van der Waals surface area contributed by atoms with Crippen molar-refractivity contribution in [2.45, 2.75) is 117 Å². The van der Waals surface area contributed by atoms with Crippen LogP contribution in [0.1, 0.15) is 115 Å². The fraction of sp³-hybridized carbons (Fsp3) is 0.818. The van der Waals surface area contributed by atoms with E-state index >= 15 is 0 Å². The summed E-state index contributed by atoms with van der Waals surface area (Å²) in [5.41, 5.74) is 0. The summed E-state index contributed by atoms with van der Waals surface area (Å²) in [7, 11) is 0. The predicted octanol–water partition coefficient (Wildman–Crippen LogP) is 8.00. The van der Waals surface area contributed by atoms with Gasteiger partial charge in [-0.05, 0) is 25.5 Å². The first-order chi connectivity index (χ1) is 11.3. The van der Waals surface area contributed by atoms with Crippen LogP contribution >= 0.6 is 0 Å². The molecule has 1 aromatic rings. The molecule has 0 N–H and O–H groups in total. The van der Waals surface area contributed by atoms with E-state index in [9.17, 15) is 0 Å². The van der Waals surface area contributed by atoms with Crippen molar-refractivity contribution in [3.05, 3.63) is 23.7 Å². The second-order valence-corrected chi connectivity index (χ2v) is 7.21. The van der Waals surface area contributed by atoms with Crippen molar-refractivity contribution in [2.75, 3.05) is 0 Å². The van der Waals surface area contributed by atoms with Gasteiger partial charge in [0.2, 0.25) is 0 Å². The van der Waals surface area contributed by atoms with Gasteiger partial charge in [-0.15, -0.1) is 0 Å². The first-order valence-corrected chi connectivity index (χ1v) is 10.4. The van der Waals surface area contributed by atoms with E-state index in [2.05, 4.69) is 19.1 Å². The minimum Gasteiger partial charge on any atom is -0.466 e. The van der Waals surface area contributed by atoms with E-state index in [1.54, 1.807) is 0 Å². The lowest BCUT2D eigenvalue weighted by Gasteiger charge is -2.03. The zero-order valence-corrected chi connectivity index (χ0v) is 15.9. The molecule has 23 heavy (non-hydrogen) atoms. The summed E-state index contributed by atoms with van der Waals surface area (Å²) in [6, 6.07) is 4.19. The number of hydrogen-bond donors (Lipinski definition) is 0. The molecular weight excluding hydrogens is 280 g/mol. The van der Waals surface area contributed by atoms with Gasteiger partial charge in [0.05, 0.1) is 0 Å². The normalized spacial score (nSPS) is 11.2. The number of hydrogen-bond acceptors (Lipinski definition) is 1. The molecule has 1 heteroatoms. The Bertz CT molecular complexity index is 353. The Labute approximate surface area is 145 Å². The van der Waals surface area contributed by atoms with E-state index in [-0.39, 0.29) is 0 Å². The van der Waals surface area contributed by atoms with Gasteiger partial charge in [-0.1, -0.05) is 96.8 Å². The highest BCUT2D eigenvalue weighted by molar-refractivity contribution is 5.05. The highest BCUT2D eigenvalue weighted by Crippen LogP contribution is 2.15. The highest BCUT2D eigenvalue weighted by Gasteiger charge is 1.98. The van der Waals surface area contributed by atoms with Crippen molar-refractivity contribution < 1.29 is 4.42 Å². The van der Waals surface area contributed by atoms with E-state index < -0.39 is 0 Å². The van der Waals surface area contributed by atoms with Gasteiger partial charge in [-0.25, -0.2) is 0 Å². The maximum absolute atomic E-state index is 5.60. The fourth-order valence-corrected chi connectivity index (χ4v) is 3.29. The summed E-state index contributed by atoms with van der Waals surface area (Å²) < 4.78 is 5.60. The third-order valence-electron chi connectivity index (χ3n) is 4.82. The third-order valence-corrected chi connectivity index (χ3v) is 4.82. The van der Waals surface area contributed by atoms with Gasteiger partial charge in [0.25, 0.3) is 0 Å². The van der Waals surface area contributed by atoms with E-state index in [4.69, 9.17) is 4.42 Å². The second kappa shape index (κ2) is 14.8. The van der Waals surface area contributed by atoms with Crippen LogP contribution in [0, 0.1) is 6.92 Å². The molecule has 0 radical (unpaired) electrons. The van der Waals surface area contributed by atoms with E-state index in [1.165, 1.54) is 96.3 Å². The molecule has 0 aliphatic carbocycles. The number of unbranched alkanes of at least 4 members (excludes halogenated alkanes) is 14. The van der Waals surface area contributed by atoms with E-state index in [0.29, 0.717) is 0 Å². The van der Waals surface area contributed by atoms with Crippen LogP contribution in [0.4, 0.5) is 0 Å². The van der Waals surface area contributed by atoms with Crippen molar-refractivity contribution in [3.8, 4) is 0 Å². The maximum atomic E-state index is 5.60. The Balaban J connectivity index is 1.71. The van der Waals surface area contributed by atoms with Gasteiger partial charge in [0.15, 0.2) is 0 Å². The standard InChI is InChI=1S/C22H40O/c1-3-4-5-6-7-8-9-10-11-12-13-14-15-16-17-18-22-20-19-21(2)23-22/h19-20H,3-18H2,1-2H3. The topological polar surface area (TPSA) is 13.1 Å². The number of furan rings is 1. The first-order valence-electron chi connectivity index (χ1n) is 10.4. The zero-order chi connectivity index (χ0) is 16.6. The van der Waals surface area contributed by atoms with Crippen molar-refractivity contribution in [2.24, 2.45) is 0 Å². The lowest BCUT2D eigenvalue weighted by molar-refractivity contribution is 0.469. The van der Waals surface area contributed by atoms with Crippen LogP contribution in [0.25, 0.3) is 0 Å². The van der Waals surface area contributed by atoms with Crippen molar-refractivity contribution >= 4 is 0 Å². The Morgan fingerprint density at radius 2 is 1.04 bits per heavy atom. The minimum atomic E-state index is 1.04. The van der Waals surface area contributed by atoms with Gasteiger partial charge in [-0.2, -0.15) is 0 Å². The van der Waals surface area contributed by atoms with Gasteiger partial charge < -0.3 is 4.42 Å². The molecular formula is C22H40O. The summed E-state index contributed by atoms with van der Waals surface area (Å²) in [5, 5.41) is 0.